The summed E-state index contributed by atoms with van der Waals surface area (Å²) in [6.45, 7) is 7.49. The van der Waals surface area contributed by atoms with Crippen LogP contribution in [0.25, 0.3) is 0 Å². The summed E-state index contributed by atoms with van der Waals surface area (Å²) in [7, 11) is -1.39. The first-order valence-electron chi connectivity index (χ1n) is 22.7. The summed E-state index contributed by atoms with van der Waals surface area (Å²) in [5.74, 6) is -1.62. The molecule has 2 heterocycles. The lowest BCUT2D eigenvalue weighted by Gasteiger charge is -2.50. The highest BCUT2D eigenvalue weighted by atomic mass is 28.4. The minimum atomic E-state index is -3.04. The van der Waals surface area contributed by atoms with Gasteiger partial charge in [0.1, 0.15) is 5.75 Å². The predicted octanol–water partition coefficient (Wildman–Crippen LogP) is 8.75. The number of ether oxygens (including phenoxy) is 5. The van der Waals surface area contributed by atoms with Gasteiger partial charge in [-0.15, -0.1) is 0 Å². The average Bonchev–Trinajstić information content (AvgIpc) is 3.53. The smallest absolute Gasteiger partial charge is 0.342 e. The Morgan fingerprint density at radius 3 is 1.87 bits per heavy atom. The maximum absolute atomic E-state index is 14.3. The summed E-state index contributed by atoms with van der Waals surface area (Å²) < 4.78 is 38.7. The Bertz CT molecular complexity index is 2090. The number of esters is 2. The summed E-state index contributed by atoms with van der Waals surface area (Å²) in [6.07, 6.45) is 10.8. The third-order valence-corrected chi connectivity index (χ3v) is 17.7. The summed E-state index contributed by atoms with van der Waals surface area (Å²) in [6, 6.07) is 39.8. The maximum atomic E-state index is 14.3. The first kappa shape index (κ1) is 44.0. The molecule has 1 fully saturated rings. The monoisotopic (exact) mass is 854 g/mol. The van der Waals surface area contributed by atoms with Gasteiger partial charge in [-0.25, -0.2) is 9.59 Å². The van der Waals surface area contributed by atoms with E-state index in [9.17, 15) is 9.59 Å². The molecule has 8 nitrogen and oxygen atoms in total. The standard InChI is InChI=1S/C53H62O8Si/c1-5-6-7-8-9-13-20-39-33-46-49(57-35-38-27-29-40(56-4)30-28-38)47(48-45(50(54)61-51(48)55)34-53(46)36-58-52(2,3)59-37-53)44(39)31-32-60-62(41-21-14-10-15-22-41,42-23-16-11-17-24-42)43-25-18-12-19-26-43/h10-12,14-19,21-30,33,39,44,47,49H,5-9,13,20,31-32,34-37H2,1-4H3/t39-,44+,47+,49+/m1/s1. The summed E-state index contributed by atoms with van der Waals surface area (Å²) in [5.41, 5.74) is 2.21. The molecule has 1 saturated heterocycles. The summed E-state index contributed by atoms with van der Waals surface area (Å²) in [4.78, 5) is 28.1. The second-order valence-electron chi connectivity index (χ2n) is 18.0. The number of methoxy groups -OCH3 is 1. The van der Waals surface area contributed by atoms with Crippen LogP contribution in [0, 0.1) is 23.2 Å². The Labute approximate surface area is 368 Å². The van der Waals surface area contributed by atoms with Crippen molar-refractivity contribution >= 4 is 35.8 Å². The Balaban J connectivity index is 1.23. The third-order valence-electron chi connectivity index (χ3n) is 13.7. The first-order chi connectivity index (χ1) is 30.2. The molecule has 0 N–H and O–H groups in total. The average molecular weight is 855 g/mol. The molecule has 62 heavy (non-hydrogen) atoms. The van der Waals surface area contributed by atoms with Crippen molar-refractivity contribution in [3.8, 4) is 5.75 Å². The molecule has 0 saturated carbocycles. The van der Waals surface area contributed by atoms with Crippen LogP contribution in [0.2, 0.25) is 0 Å². The van der Waals surface area contributed by atoms with Gasteiger partial charge in [0.15, 0.2) is 5.79 Å². The summed E-state index contributed by atoms with van der Waals surface area (Å²) in [5, 5.41) is 3.50. The molecule has 0 aromatic heterocycles. The Hall–Kier alpha value is -4.64. The van der Waals surface area contributed by atoms with Gasteiger partial charge in [0.05, 0.1) is 38.6 Å². The van der Waals surface area contributed by atoms with Crippen molar-refractivity contribution in [2.24, 2.45) is 23.2 Å². The molecular weight excluding hydrogens is 793 g/mol. The number of benzene rings is 4. The van der Waals surface area contributed by atoms with E-state index in [4.69, 9.17) is 28.1 Å². The van der Waals surface area contributed by atoms with Crippen LogP contribution < -0.4 is 20.3 Å². The Morgan fingerprint density at radius 1 is 0.710 bits per heavy atom. The topological polar surface area (TPSA) is 89.5 Å². The lowest BCUT2D eigenvalue weighted by molar-refractivity contribution is -0.280. The van der Waals surface area contributed by atoms with E-state index in [0.29, 0.717) is 44.0 Å². The SMILES string of the molecule is CCCCCCCC[C@@H]1C=C2[C@H](OCc3ccc(OC)cc3)[C@H](C3=C(CC24COC(C)(C)OC4)C(=O)OC3=O)[C@H]1CCO[Si](c1ccccc1)(c1ccccc1)c1ccccc1. The molecular formula is C53H62O8Si. The fourth-order valence-electron chi connectivity index (χ4n) is 10.4. The van der Waals surface area contributed by atoms with Gasteiger partial charge in [0, 0.05) is 23.5 Å². The largest absolute Gasteiger partial charge is 0.497 e. The zero-order valence-electron chi connectivity index (χ0n) is 36.8. The lowest BCUT2D eigenvalue weighted by Crippen LogP contribution is -2.69. The second kappa shape index (κ2) is 19.4. The van der Waals surface area contributed by atoms with Crippen molar-refractivity contribution in [3.05, 3.63) is 144 Å². The fraction of sp³-hybridized carbons (Fsp3) is 0.434. The molecule has 2 bridgehead atoms. The number of carbonyl (C=O) groups excluding carboxylic acids is 2. The molecule has 0 radical (unpaired) electrons. The zero-order chi connectivity index (χ0) is 43.2. The fourth-order valence-corrected chi connectivity index (χ4v) is 14.3. The zero-order valence-corrected chi connectivity index (χ0v) is 37.8. The first-order valence-corrected chi connectivity index (χ1v) is 24.6. The molecule has 0 unspecified atom stereocenters. The van der Waals surface area contributed by atoms with E-state index in [1.54, 1.807) is 7.11 Å². The number of carbonyl (C=O) groups is 2. The highest BCUT2D eigenvalue weighted by molar-refractivity contribution is 7.07. The number of hydrogen-bond acceptors (Lipinski definition) is 8. The molecule has 0 amide bonds. The van der Waals surface area contributed by atoms with Crippen molar-refractivity contribution in [3.63, 3.8) is 0 Å². The van der Waals surface area contributed by atoms with Gasteiger partial charge in [-0.3, -0.25) is 0 Å². The van der Waals surface area contributed by atoms with Crippen LogP contribution in [0.3, 0.4) is 0 Å². The van der Waals surface area contributed by atoms with E-state index >= 15 is 0 Å². The van der Waals surface area contributed by atoms with Crippen LogP contribution in [0.4, 0.5) is 0 Å². The van der Waals surface area contributed by atoms with Gasteiger partial charge in [0.25, 0.3) is 8.32 Å². The van der Waals surface area contributed by atoms with Crippen molar-refractivity contribution < 1.29 is 37.7 Å². The number of cyclic esters (lactones) is 2. The molecule has 8 rings (SSSR count). The number of hydrogen-bond donors (Lipinski definition) is 0. The van der Waals surface area contributed by atoms with Crippen LogP contribution in [0.5, 0.6) is 5.75 Å². The molecule has 2 aliphatic carbocycles. The van der Waals surface area contributed by atoms with Crippen LogP contribution in [-0.2, 0) is 39.6 Å². The molecule has 4 aromatic carbocycles. The van der Waals surface area contributed by atoms with Gasteiger partial charge in [-0.2, -0.15) is 0 Å². The van der Waals surface area contributed by atoms with E-state index < -0.39 is 43.5 Å². The molecule has 4 atom stereocenters. The van der Waals surface area contributed by atoms with Crippen LogP contribution in [0.1, 0.15) is 84.1 Å². The molecule has 9 heteroatoms. The number of rotatable bonds is 18. The highest BCUT2D eigenvalue weighted by Crippen LogP contribution is 2.57. The van der Waals surface area contributed by atoms with Crippen molar-refractivity contribution in [1.29, 1.82) is 0 Å². The second-order valence-corrected chi connectivity index (χ2v) is 21.4. The molecule has 4 aliphatic rings. The number of unbranched alkanes of at least 4 members (excludes halogenated alkanes) is 5. The van der Waals surface area contributed by atoms with Crippen LogP contribution >= 0.6 is 0 Å². The Kier molecular flexibility index (Phi) is 13.8. The van der Waals surface area contributed by atoms with Crippen LogP contribution in [-0.4, -0.2) is 59.1 Å². The predicted molar refractivity (Wildman–Crippen MR) is 244 cm³/mol. The Morgan fingerprint density at radius 2 is 1.29 bits per heavy atom. The normalized spacial score (nSPS) is 22.8. The van der Waals surface area contributed by atoms with Gasteiger partial charge < -0.3 is 28.1 Å². The molecule has 1 spiro atoms. The van der Waals surface area contributed by atoms with Gasteiger partial charge in [-0.1, -0.05) is 155 Å². The van der Waals surface area contributed by atoms with E-state index in [0.717, 1.165) is 36.1 Å². The van der Waals surface area contributed by atoms with Crippen molar-refractivity contribution in [1.82, 2.24) is 0 Å². The third kappa shape index (κ3) is 9.06. The number of fused-ring (bicyclic) bond motifs is 4. The van der Waals surface area contributed by atoms with E-state index in [2.05, 4.69) is 104 Å². The molecule has 2 aliphatic heterocycles. The quantitative estimate of drug-likeness (QED) is 0.0245. The van der Waals surface area contributed by atoms with E-state index in [1.807, 2.05) is 38.1 Å². The minimum absolute atomic E-state index is 0.0778. The maximum Gasteiger partial charge on any atom is 0.342 e. The minimum Gasteiger partial charge on any atom is -0.497 e. The van der Waals surface area contributed by atoms with Gasteiger partial charge in [0.2, 0.25) is 0 Å². The van der Waals surface area contributed by atoms with E-state index in [1.165, 1.54) is 41.2 Å². The molecule has 326 valence electrons. The van der Waals surface area contributed by atoms with Crippen molar-refractivity contribution in [2.75, 3.05) is 26.9 Å². The highest BCUT2D eigenvalue weighted by Gasteiger charge is 2.59. The van der Waals surface area contributed by atoms with Crippen molar-refractivity contribution in [2.45, 2.75) is 97.1 Å². The van der Waals surface area contributed by atoms with Crippen LogP contribution in [0.15, 0.2) is 138 Å². The van der Waals surface area contributed by atoms with E-state index in [-0.39, 0.29) is 18.3 Å². The summed E-state index contributed by atoms with van der Waals surface area (Å²) >= 11 is 0. The van der Waals surface area contributed by atoms with Gasteiger partial charge >= 0.3 is 11.9 Å². The molecule has 4 aromatic rings. The number of allylic oxidation sites excluding steroid dienone is 1. The van der Waals surface area contributed by atoms with Gasteiger partial charge in [-0.05, 0) is 83.8 Å². The lowest BCUT2D eigenvalue weighted by atomic mass is 9.62.